The van der Waals surface area contributed by atoms with E-state index in [1.54, 1.807) is 26.8 Å². The monoisotopic (exact) mass is 506 g/mol. The highest BCUT2D eigenvalue weighted by Gasteiger charge is 2.29. The lowest BCUT2D eigenvalue weighted by molar-refractivity contribution is -0.137. The second-order valence-corrected chi connectivity index (χ2v) is 9.85. The first kappa shape index (κ1) is 27.6. The molecular formula is C29H34N2O6. The van der Waals surface area contributed by atoms with Crippen molar-refractivity contribution < 1.29 is 29.0 Å². The maximum Gasteiger partial charge on any atom is 0.416 e. The molecule has 8 heteroatoms. The highest BCUT2D eigenvalue weighted by atomic mass is 16.6. The zero-order chi connectivity index (χ0) is 26.8. The highest BCUT2D eigenvalue weighted by molar-refractivity contribution is 6.41. The molecule has 2 aromatic rings. The minimum absolute atomic E-state index is 0.0556. The van der Waals surface area contributed by atoms with Crippen molar-refractivity contribution in [3.05, 3.63) is 78.0 Å². The fourth-order valence-corrected chi connectivity index (χ4v) is 3.93. The summed E-state index contributed by atoms with van der Waals surface area (Å²) in [7, 11) is 0. The van der Waals surface area contributed by atoms with E-state index in [-0.39, 0.29) is 36.9 Å². The van der Waals surface area contributed by atoms with Crippen LogP contribution in [0, 0.1) is 0 Å². The van der Waals surface area contributed by atoms with Crippen molar-refractivity contribution in [2.24, 2.45) is 4.99 Å². The molecule has 0 saturated heterocycles. The lowest BCUT2D eigenvalue weighted by Gasteiger charge is -2.28. The second-order valence-electron chi connectivity index (χ2n) is 9.85. The topological polar surface area (TPSA) is 106 Å². The van der Waals surface area contributed by atoms with E-state index in [2.05, 4.69) is 4.99 Å². The predicted molar refractivity (Wildman–Crippen MR) is 141 cm³/mol. The van der Waals surface area contributed by atoms with Crippen LogP contribution < -0.4 is 4.74 Å². The Kier molecular flexibility index (Phi) is 9.60. The molecule has 0 radical (unpaired) electrons. The van der Waals surface area contributed by atoms with Crippen molar-refractivity contribution in [3.63, 3.8) is 0 Å². The lowest BCUT2D eigenvalue weighted by atomic mass is 9.89. The molecule has 37 heavy (non-hydrogen) atoms. The smallest absolute Gasteiger partial charge is 0.416 e. The predicted octanol–water partition coefficient (Wildman–Crippen LogP) is 5.38. The number of rotatable bonds is 10. The first-order valence-electron chi connectivity index (χ1n) is 12.4. The third-order valence-electron chi connectivity index (χ3n) is 5.62. The molecule has 0 fully saturated rings. The average molecular weight is 507 g/mol. The maximum atomic E-state index is 12.7. The Bertz CT molecular complexity index is 1130. The second kappa shape index (κ2) is 12.9. The van der Waals surface area contributed by atoms with E-state index in [1.807, 2.05) is 54.6 Å². The van der Waals surface area contributed by atoms with Crippen LogP contribution in [0.4, 0.5) is 4.79 Å². The van der Waals surface area contributed by atoms with Crippen molar-refractivity contribution in [3.8, 4) is 5.75 Å². The molecule has 196 valence electrons. The Hall–Kier alpha value is -3.94. The number of carboxylic acid groups (broad SMARTS) is 1. The molecule has 0 bridgehead atoms. The zero-order valence-electron chi connectivity index (χ0n) is 21.6. The molecule has 1 amide bonds. The van der Waals surface area contributed by atoms with Gasteiger partial charge >= 0.3 is 12.1 Å². The van der Waals surface area contributed by atoms with Crippen LogP contribution >= 0.6 is 0 Å². The summed E-state index contributed by atoms with van der Waals surface area (Å²) < 4.78 is 11.3. The van der Waals surface area contributed by atoms with Crippen molar-refractivity contribution in [2.45, 2.75) is 58.0 Å². The number of carbonyl (C=O) groups excluding carboxylic acids is 2. The molecule has 1 aliphatic rings. The standard InChI is InChI=1S/C29H34N2O6/c1-29(2,3)37-28(35)31(27-25(32)11-7-16-30-27)17-8-18-36-24-14-12-21(13-15-24)19-23(20-26(33)34)22-9-5-4-6-10-22/h4-7,9-10,12-16,23H,8,11,17-20H2,1-3H3,(H,33,34)/t23-/m0/s1. The van der Waals surface area contributed by atoms with E-state index in [1.165, 1.54) is 11.1 Å². The van der Waals surface area contributed by atoms with Gasteiger partial charge in [0.15, 0.2) is 5.84 Å². The van der Waals surface area contributed by atoms with Crippen molar-refractivity contribution in [1.82, 2.24) is 4.90 Å². The van der Waals surface area contributed by atoms with Crippen molar-refractivity contribution >= 4 is 23.7 Å². The molecule has 1 N–H and O–H groups in total. The van der Waals surface area contributed by atoms with E-state index >= 15 is 0 Å². The first-order chi connectivity index (χ1) is 17.6. The summed E-state index contributed by atoms with van der Waals surface area (Å²) in [6.07, 6.45) is 3.87. The summed E-state index contributed by atoms with van der Waals surface area (Å²) in [5, 5.41) is 9.33. The molecule has 1 heterocycles. The molecule has 0 aromatic heterocycles. The first-order valence-corrected chi connectivity index (χ1v) is 12.4. The Morgan fingerprint density at radius 2 is 1.78 bits per heavy atom. The SMILES string of the molecule is CC(C)(C)OC(=O)N(CCCOc1ccc(C[C@@H](CC(=O)O)c2ccccc2)cc1)C1=NC=CCC1=O. The molecule has 8 nitrogen and oxygen atoms in total. The third kappa shape index (κ3) is 8.90. The Labute approximate surface area is 217 Å². The number of allylic oxidation sites excluding steroid dienone is 1. The van der Waals surface area contributed by atoms with Gasteiger partial charge in [0.25, 0.3) is 0 Å². The number of aliphatic carboxylic acids is 1. The van der Waals surface area contributed by atoms with Crippen molar-refractivity contribution in [1.29, 1.82) is 0 Å². The Morgan fingerprint density at radius 1 is 1.08 bits per heavy atom. The summed E-state index contributed by atoms with van der Waals surface area (Å²) in [6.45, 7) is 5.85. The molecule has 0 spiro atoms. The molecule has 0 saturated carbocycles. The van der Waals surface area contributed by atoms with Gasteiger partial charge in [-0.15, -0.1) is 0 Å². The molecule has 1 atom stereocenters. The minimum atomic E-state index is -0.828. The third-order valence-corrected chi connectivity index (χ3v) is 5.62. The molecule has 0 unspecified atom stereocenters. The highest BCUT2D eigenvalue weighted by Crippen LogP contribution is 2.25. The number of carbonyl (C=O) groups is 3. The molecular weight excluding hydrogens is 472 g/mol. The van der Waals surface area contributed by atoms with Gasteiger partial charge in [0.2, 0.25) is 5.78 Å². The van der Waals surface area contributed by atoms with E-state index in [0.717, 1.165) is 11.1 Å². The quantitative estimate of drug-likeness (QED) is 0.434. The molecule has 0 aliphatic carbocycles. The van der Waals surface area contributed by atoms with Gasteiger partial charge in [0.1, 0.15) is 11.4 Å². The number of nitrogens with zero attached hydrogens (tertiary/aromatic N) is 2. The van der Waals surface area contributed by atoms with Gasteiger partial charge in [-0.3, -0.25) is 14.5 Å². The summed E-state index contributed by atoms with van der Waals surface area (Å²) in [6, 6.07) is 17.2. The number of carboxylic acids is 1. The van der Waals surface area contributed by atoms with Crippen LogP contribution in [0.2, 0.25) is 0 Å². The fourth-order valence-electron chi connectivity index (χ4n) is 3.93. The molecule has 3 rings (SSSR count). The van der Waals surface area contributed by atoms with Gasteiger partial charge in [-0.05, 0) is 62.8 Å². The largest absolute Gasteiger partial charge is 0.494 e. The number of amidine groups is 1. The molecule has 1 aliphatic heterocycles. The number of ketones is 1. The van der Waals surface area contributed by atoms with Crippen molar-refractivity contribution in [2.75, 3.05) is 13.2 Å². The van der Waals surface area contributed by atoms with Crippen LogP contribution in [0.15, 0.2) is 71.9 Å². The zero-order valence-corrected chi connectivity index (χ0v) is 21.6. The number of hydrogen-bond donors (Lipinski definition) is 1. The number of benzene rings is 2. The molecule has 2 aromatic carbocycles. The summed E-state index contributed by atoms with van der Waals surface area (Å²) >= 11 is 0. The normalized spacial score (nSPS) is 14.0. The van der Waals surface area contributed by atoms with Crippen LogP contribution in [-0.4, -0.2) is 52.4 Å². The number of aliphatic imine (C=N–C) groups is 1. The maximum absolute atomic E-state index is 12.7. The van der Waals surface area contributed by atoms with E-state index in [4.69, 9.17) is 9.47 Å². The van der Waals surface area contributed by atoms with E-state index in [9.17, 15) is 19.5 Å². The number of hydrogen-bond acceptors (Lipinski definition) is 6. The Morgan fingerprint density at radius 3 is 2.41 bits per heavy atom. The average Bonchev–Trinajstić information content (AvgIpc) is 2.84. The lowest BCUT2D eigenvalue weighted by Crippen LogP contribution is -2.45. The summed E-state index contributed by atoms with van der Waals surface area (Å²) in [5.74, 6) is -0.441. The Balaban J connectivity index is 1.56. The summed E-state index contributed by atoms with van der Waals surface area (Å²) in [4.78, 5) is 41.8. The van der Waals surface area contributed by atoms with E-state index in [0.29, 0.717) is 25.2 Å². The fraction of sp³-hybridized carbons (Fsp3) is 0.379. The number of ether oxygens (including phenoxy) is 2. The van der Waals surface area contributed by atoms with Crippen LogP contribution in [-0.2, 0) is 20.7 Å². The van der Waals surface area contributed by atoms with Gasteiger partial charge in [0, 0.05) is 19.2 Å². The van der Waals surface area contributed by atoms with Crippen LogP contribution in [0.1, 0.15) is 57.1 Å². The van der Waals surface area contributed by atoms with Gasteiger partial charge in [-0.2, -0.15) is 0 Å². The van der Waals surface area contributed by atoms with Gasteiger partial charge in [0.05, 0.1) is 13.0 Å². The summed E-state index contributed by atoms with van der Waals surface area (Å²) in [5.41, 5.74) is 1.31. The minimum Gasteiger partial charge on any atom is -0.494 e. The van der Waals surface area contributed by atoms with Crippen LogP contribution in [0.3, 0.4) is 0 Å². The number of Topliss-reactive ketones (excluding diaryl/α,β-unsaturated/α-hetero) is 1. The number of amides is 1. The van der Waals surface area contributed by atoms with Crippen LogP contribution in [0.25, 0.3) is 0 Å². The van der Waals surface area contributed by atoms with Gasteiger partial charge in [-0.25, -0.2) is 9.79 Å². The van der Waals surface area contributed by atoms with E-state index < -0.39 is 17.7 Å². The van der Waals surface area contributed by atoms with Gasteiger partial charge < -0.3 is 14.6 Å². The van der Waals surface area contributed by atoms with Crippen LogP contribution in [0.5, 0.6) is 5.75 Å². The van der Waals surface area contributed by atoms with Gasteiger partial charge in [-0.1, -0.05) is 48.5 Å².